The quantitative estimate of drug-likeness (QED) is 0.770. The molecule has 0 fully saturated rings. The molecule has 0 aliphatic carbocycles. The Bertz CT molecular complexity index is 481. The molecule has 0 bridgehead atoms. The third-order valence-electron chi connectivity index (χ3n) is 2.87. The van der Waals surface area contributed by atoms with E-state index in [-0.39, 0.29) is 11.9 Å². The third kappa shape index (κ3) is 6.25. The zero-order valence-corrected chi connectivity index (χ0v) is 14.0. The van der Waals surface area contributed by atoms with Gasteiger partial charge >= 0.3 is 0 Å². The summed E-state index contributed by atoms with van der Waals surface area (Å²) in [5, 5.41) is 6.03. The Balaban J connectivity index is 2.88. The molecule has 1 amide bonds. The summed E-state index contributed by atoms with van der Waals surface area (Å²) < 4.78 is 11.2. The molecule has 0 aromatic carbocycles. The number of carbonyl (C=O) groups excluding carboxylic acids is 1. The van der Waals surface area contributed by atoms with Crippen molar-refractivity contribution in [1.82, 2.24) is 10.3 Å². The number of anilines is 1. The highest BCUT2D eigenvalue weighted by atomic mass is 32.2. The van der Waals surface area contributed by atoms with Crippen molar-refractivity contribution in [3.05, 3.63) is 23.4 Å². The molecule has 118 valence electrons. The summed E-state index contributed by atoms with van der Waals surface area (Å²) in [6, 6.07) is 3.47. The Morgan fingerprint density at radius 2 is 2.10 bits per heavy atom. The first-order valence-electron chi connectivity index (χ1n) is 7.32. The second-order valence-electron chi connectivity index (χ2n) is 5.13. The number of aryl methyl sites for hydroxylation is 1. The minimum atomic E-state index is -0.923. The first-order chi connectivity index (χ1) is 9.96. The van der Waals surface area contributed by atoms with Crippen molar-refractivity contribution in [1.29, 1.82) is 0 Å². The minimum Gasteiger partial charge on any atom is -0.370 e. The van der Waals surface area contributed by atoms with Crippen LogP contribution in [0.15, 0.2) is 12.1 Å². The fourth-order valence-electron chi connectivity index (χ4n) is 2.08. The average Bonchev–Trinajstić information content (AvgIpc) is 2.38. The molecule has 0 radical (unpaired) electrons. The van der Waals surface area contributed by atoms with Crippen LogP contribution in [0, 0.1) is 0 Å². The summed E-state index contributed by atoms with van der Waals surface area (Å²) in [6.07, 6.45) is 3.46. The molecule has 1 aromatic rings. The van der Waals surface area contributed by atoms with Crippen LogP contribution in [-0.4, -0.2) is 39.7 Å². The maximum Gasteiger partial charge on any atom is 0.251 e. The van der Waals surface area contributed by atoms with Crippen LogP contribution >= 0.6 is 0 Å². The van der Waals surface area contributed by atoms with E-state index in [1.54, 1.807) is 12.3 Å². The molecule has 0 saturated heterocycles. The molecule has 1 rings (SSSR count). The Kier molecular flexibility index (Phi) is 7.36. The molecule has 21 heavy (non-hydrogen) atoms. The van der Waals surface area contributed by atoms with Gasteiger partial charge in [0.05, 0.1) is 0 Å². The number of aromatic nitrogens is 1. The monoisotopic (exact) mass is 311 g/mol. The number of rotatable bonds is 8. The first-order valence-corrected chi connectivity index (χ1v) is 9.04. The van der Waals surface area contributed by atoms with Gasteiger partial charge in [0.25, 0.3) is 5.91 Å². The van der Waals surface area contributed by atoms with Gasteiger partial charge in [-0.15, -0.1) is 0 Å². The van der Waals surface area contributed by atoms with Gasteiger partial charge in [0.15, 0.2) is 0 Å². The smallest absolute Gasteiger partial charge is 0.251 e. The van der Waals surface area contributed by atoms with Crippen molar-refractivity contribution in [3.8, 4) is 0 Å². The van der Waals surface area contributed by atoms with Crippen molar-refractivity contribution in [2.75, 3.05) is 23.9 Å². The largest absolute Gasteiger partial charge is 0.370 e. The third-order valence-corrected chi connectivity index (χ3v) is 3.84. The van der Waals surface area contributed by atoms with E-state index in [0.29, 0.717) is 11.3 Å². The molecule has 2 unspecified atom stereocenters. The molecule has 2 atom stereocenters. The van der Waals surface area contributed by atoms with E-state index in [4.69, 9.17) is 0 Å². The SMILES string of the molecule is CCCc1cc(C(=O)NC(C)CS(C)=O)cc(NCC)n1. The molecule has 1 aromatic heterocycles. The molecular weight excluding hydrogens is 286 g/mol. The van der Waals surface area contributed by atoms with Crippen LogP contribution in [0.2, 0.25) is 0 Å². The molecule has 1 heterocycles. The summed E-state index contributed by atoms with van der Waals surface area (Å²) in [5.74, 6) is 1.03. The zero-order valence-electron chi connectivity index (χ0n) is 13.2. The van der Waals surface area contributed by atoms with Gasteiger partial charge in [0.1, 0.15) is 5.82 Å². The van der Waals surface area contributed by atoms with Gasteiger partial charge in [-0.1, -0.05) is 13.3 Å². The fourth-order valence-corrected chi connectivity index (χ4v) is 2.86. The number of amides is 1. The number of nitrogens with one attached hydrogen (secondary N) is 2. The van der Waals surface area contributed by atoms with Gasteiger partial charge in [-0.2, -0.15) is 0 Å². The van der Waals surface area contributed by atoms with Crippen LogP contribution in [0.4, 0.5) is 5.82 Å². The lowest BCUT2D eigenvalue weighted by molar-refractivity contribution is 0.0943. The Morgan fingerprint density at radius 1 is 1.38 bits per heavy atom. The number of hydrogen-bond acceptors (Lipinski definition) is 4. The standard InChI is InChI=1S/C15H25N3O2S/c1-5-7-13-8-12(9-14(18-13)16-6-2)15(19)17-11(3)10-21(4)20/h8-9,11H,5-7,10H2,1-4H3,(H,16,18)(H,17,19). The van der Waals surface area contributed by atoms with Gasteiger partial charge in [-0.3, -0.25) is 9.00 Å². The second-order valence-corrected chi connectivity index (χ2v) is 6.61. The summed E-state index contributed by atoms with van der Waals surface area (Å²) >= 11 is 0. The summed E-state index contributed by atoms with van der Waals surface area (Å²) in [7, 11) is -0.923. The molecule has 2 N–H and O–H groups in total. The summed E-state index contributed by atoms with van der Waals surface area (Å²) in [6.45, 7) is 6.69. The number of pyridine rings is 1. The van der Waals surface area contributed by atoms with E-state index in [2.05, 4.69) is 22.5 Å². The van der Waals surface area contributed by atoms with Gasteiger partial charge < -0.3 is 10.6 Å². The molecule has 0 aliphatic heterocycles. The molecule has 0 saturated carbocycles. The topological polar surface area (TPSA) is 71.1 Å². The number of nitrogens with zero attached hydrogens (tertiary/aromatic N) is 1. The maximum absolute atomic E-state index is 12.3. The van der Waals surface area contributed by atoms with Crippen LogP contribution in [-0.2, 0) is 17.2 Å². The van der Waals surface area contributed by atoms with E-state index in [0.717, 1.165) is 30.9 Å². The second kappa shape index (κ2) is 8.77. The lowest BCUT2D eigenvalue weighted by Gasteiger charge is -2.14. The van der Waals surface area contributed by atoms with Gasteiger partial charge in [0.2, 0.25) is 0 Å². The summed E-state index contributed by atoms with van der Waals surface area (Å²) in [4.78, 5) is 16.8. The minimum absolute atomic E-state index is 0.117. The van der Waals surface area contributed by atoms with E-state index >= 15 is 0 Å². The Morgan fingerprint density at radius 3 is 2.67 bits per heavy atom. The van der Waals surface area contributed by atoms with E-state index < -0.39 is 10.8 Å². The predicted molar refractivity (Wildman–Crippen MR) is 88.3 cm³/mol. The fraction of sp³-hybridized carbons (Fsp3) is 0.600. The van der Waals surface area contributed by atoms with Crippen LogP contribution in [0.5, 0.6) is 0 Å². The van der Waals surface area contributed by atoms with E-state index in [9.17, 15) is 9.00 Å². The van der Waals surface area contributed by atoms with Crippen LogP contribution in [0.3, 0.4) is 0 Å². The van der Waals surface area contributed by atoms with E-state index in [1.165, 1.54) is 0 Å². The van der Waals surface area contributed by atoms with Crippen LogP contribution in [0.25, 0.3) is 0 Å². The van der Waals surface area contributed by atoms with Crippen molar-refractivity contribution in [3.63, 3.8) is 0 Å². The zero-order chi connectivity index (χ0) is 15.8. The number of hydrogen-bond donors (Lipinski definition) is 2. The molecule has 5 nitrogen and oxygen atoms in total. The highest BCUT2D eigenvalue weighted by Gasteiger charge is 2.13. The van der Waals surface area contributed by atoms with Crippen molar-refractivity contribution < 1.29 is 9.00 Å². The normalized spacial score (nSPS) is 13.5. The van der Waals surface area contributed by atoms with Crippen molar-refractivity contribution >= 4 is 22.5 Å². The molecule has 6 heteroatoms. The predicted octanol–water partition coefficient (Wildman–Crippen LogP) is 1.96. The lowest BCUT2D eigenvalue weighted by atomic mass is 10.1. The van der Waals surface area contributed by atoms with Crippen LogP contribution in [0.1, 0.15) is 43.2 Å². The Labute approximate surface area is 129 Å². The highest BCUT2D eigenvalue weighted by molar-refractivity contribution is 7.84. The summed E-state index contributed by atoms with van der Waals surface area (Å²) in [5.41, 5.74) is 1.51. The van der Waals surface area contributed by atoms with E-state index in [1.807, 2.05) is 19.9 Å². The average molecular weight is 311 g/mol. The molecular formula is C15H25N3O2S. The lowest BCUT2D eigenvalue weighted by Crippen LogP contribution is -2.36. The van der Waals surface area contributed by atoms with Gasteiger partial charge in [0, 0.05) is 46.7 Å². The number of carbonyl (C=O) groups is 1. The van der Waals surface area contributed by atoms with Gasteiger partial charge in [-0.05, 0) is 32.4 Å². The van der Waals surface area contributed by atoms with Gasteiger partial charge in [-0.25, -0.2) is 4.98 Å². The first kappa shape index (κ1) is 17.6. The van der Waals surface area contributed by atoms with Crippen LogP contribution < -0.4 is 10.6 Å². The van der Waals surface area contributed by atoms with Crippen molar-refractivity contribution in [2.24, 2.45) is 0 Å². The highest BCUT2D eigenvalue weighted by Crippen LogP contribution is 2.12. The Hall–Kier alpha value is -1.43. The molecule has 0 aliphatic rings. The maximum atomic E-state index is 12.3. The van der Waals surface area contributed by atoms with Crippen molar-refractivity contribution in [2.45, 2.75) is 39.7 Å². The molecule has 0 spiro atoms.